The molecule has 1 heterocycles. The zero-order valence-electron chi connectivity index (χ0n) is 11.1. The Bertz CT molecular complexity index is 244. The van der Waals surface area contributed by atoms with Gasteiger partial charge in [0.25, 0.3) is 0 Å². The van der Waals surface area contributed by atoms with Gasteiger partial charge >= 0.3 is 0 Å². The van der Waals surface area contributed by atoms with E-state index in [1.54, 1.807) is 0 Å². The molecule has 0 aromatic heterocycles. The van der Waals surface area contributed by atoms with Gasteiger partial charge in [0.05, 0.1) is 17.8 Å². The predicted molar refractivity (Wildman–Crippen MR) is 72.2 cm³/mol. The van der Waals surface area contributed by atoms with Crippen LogP contribution < -0.4 is 5.32 Å². The largest absolute Gasteiger partial charge is 0.390 e. The number of aliphatic hydroxyl groups is 1. The van der Waals surface area contributed by atoms with Crippen molar-refractivity contribution in [1.29, 1.82) is 0 Å². The van der Waals surface area contributed by atoms with Crippen LogP contribution in [0.3, 0.4) is 0 Å². The van der Waals surface area contributed by atoms with E-state index in [2.05, 4.69) is 13.2 Å². The van der Waals surface area contributed by atoms with Crippen LogP contribution in [0.25, 0.3) is 0 Å². The lowest BCUT2D eigenvalue weighted by atomic mass is 9.79. The fourth-order valence-electron chi connectivity index (χ4n) is 3.37. The maximum Gasteiger partial charge on any atom is 0.102 e. The van der Waals surface area contributed by atoms with Gasteiger partial charge in [-0.15, -0.1) is 0 Å². The molecule has 3 nitrogen and oxygen atoms in total. The Labute approximate surface area is 106 Å². The van der Waals surface area contributed by atoms with Gasteiger partial charge in [0.1, 0.15) is 7.85 Å². The molecule has 1 spiro atoms. The van der Waals surface area contributed by atoms with Gasteiger partial charge in [-0.1, -0.05) is 19.2 Å². The molecule has 1 aliphatic heterocycles. The first-order valence-corrected chi connectivity index (χ1v) is 7.25. The highest BCUT2D eigenvalue weighted by atomic mass is 16.5. The van der Waals surface area contributed by atoms with Crippen molar-refractivity contribution in [3.63, 3.8) is 0 Å². The molecule has 0 amide bonds. The molecular weight excluding hydrogens is 213 g/mol. The molecule has 1 atom stereocenters. The second-order valence-corrected chi connectivity index (χ2v) is 5.89. The fraction of sp³-hybridized carbons (Fsp3) is 1.00. The molecule has 0 bridgehead atoms. The molecule has 2 aliphatic rings. The fourth-order valence-corrected chi connectivity index (χ4v) is 3.37. The van der Waals surface area contributed by atoms with Crippen LogP contribution in [-0.2, 0) is 4.74 Å². The molecule has 2 rings (SSSR count). The number of rotatable bonds is 5. The lowest BCUT2D eigenvalue weighted by molar-refractivity contribution is -0.159. The first-order chi connectivity index (χ1) is 8.18. The highest BCUT2D eigenvalue weighted by Crippen LogP contribution is 2.44. The lowest BCUT2D eigenvalue weighted by Gasteiger charge is -2.43. The number of hydrogen-bond donors (Lipinski definition) is 2. The van der Waals surface area contributed by atoms with Crippen LogP contribution >= 0.6 is 0 Å². The van der Waals surface area contributed by atoms with Gasteiger partial charge in [0.2, 0.25) is 0 Å². The Balaban J connectivity index is 1.82. The van der Waals surface area contributed by atoms with Crippen molar-refractivity contribution in [1.82, 2.24) is 5.32 Å². The van der Waals surface area contributed by atoms with Crippen LogP contribution in [0.5, 0.6) is 0 Å². The molecule has 4 heteroatoms. The Morgan fingerprint density at radius 2 is 1.94 bits per heavy atom. The van der Waals surface area contributed by atoms with E-state index in [4.69, 9.17) is 4.74 Å². The molecule has 0 aromatic carbocycles. The second kappa shape index (κ2) is 5.72. The first kappa shape index (κ1) is 13.4. The molecule has 1 aliphatic carbocycles. The highest BCUT2D eigenvalue weighted by Gasteiger charge is 2.45. The normalized spacial score (nSPS) is 32.1. The molecule has 0 aromatic rings. The monoisotopic (exact) mass is 239 g/mol. The van der Waals surface area contributed by atoms with Gasteiger partial charge in [-0.3, -0.25) is 0 Å². The summed E-state index contributed by atoms with van der Waals surface area (Å²) in [4.78, 5) is 0. The molecule has 1 saturated carbocycles. The summed E-state index contributed by atoms with van der Waals surface area (Å²) in [6.45, 7) is 2.72. The minimum atomic E-state index is -0.483. The van der Waals surface area contributed by atoms with Gasteiger partial charge in [-0.2, -0.15) is 0 Å². The van der Waals surface area contributed by atoms with Crippen LogP contribution in [0.4, 0.5) is 0 Å². The zero-order chi connectivity index (χ0) is 12.2. The summed E-state index contributed by atoms with van der Waals surface area (Å²) in [6, 6.07) is 0. The van der Waals surface area contributed by atoms with Crippen molar-refractivity contribution >= 4 is 7.85 Å². The van der Waals surface area contributed by atoms with E-state index in [0.717, 1.165) is 58.1 Å². The van der Waals surface area contributed by atoms with Crippen molar-refractivity contribution in [2.24, 2.45) is 0 Å². The Morgan fingerprint density at radius 1 is 1.18 bits per heavy atom. The van der Waals surface area contributed by atoms with Gasteiger partial charge in [0, 0.05) is 6.42 Å². The van der Waals surface area contributed by atoms with E-state index in [1.807, 2.05) is 0 Å². The van der Waals surface area contributed by atoms with Gasteiger partial charge < -0.3 is 15.2 Å². The van der Waals surface area contributed by atoms with E-state index >= 15 is 0 Å². The second-order valence-electron chi connectivity index (χ2n) is 5.89. The summed E-state index contributed by atoms with van der Waals surface area (Å²) < 4.78 is 5.97. The molecule has 1 unspecified atom stereocenters. The summed E-state index contributed by atoms with van der Waals surface area (Å²) in [7, 11) is 2.17. The van der Waals surface area contributed by atoms with E-state index in [-0.39, 0.29) is 5.60 Å². The molecule has 0 radical (unpaired) electrons. The summed E-state index contributed by atoms with van der Waals surface area (Å²) >= 11 is 0. The quantitative estimate of drug-likeness (QED) is 0.552. The first-order valence-electron chi connectivity index (χ1n) is 7.25. The molecular formula is C13H26BNO2. The van der Waals surface area contributed by atoms with Crippen molar-refractivity contribution in [3.8, 4) is 0 Å². The summed E-state index contributed by atoms with van der Waals surface area (Å²) in [6.07, 6.45) is 8.53. The number of ether oxygens (including phenoxy) is 1. The molecule has 2 N–H and O–H groups in total. The minimum absolute atomic E-state index is 0.0256. The maximum absolute atomic E-state index is 10.7. The van der Waals surface area contributed by atoms with Gasteiger partial charge in [0.15, 0.2) is 0 Å². The van der Waals surface area contributed by atoms with E-state index in [1.165, 1.54) is 12.8 Å². The molecule has 1 saturated heterocycles. The van der Waals surface area contributed by atoms with E-state index < -0.39 is 5.60 Å². The van der Waals surface area contributed by atoms with Crippen molar-refractivity contribution in [3.05, 3.63) is 0 Å². The van der Waals surface area contributed by atoms with Gasteiger partial charge in [-0.05, 0) is 38.8 Å². The molecule has 17 heavy (non-hydrogen) atoms. The zero-order valence-corrected chi connectivity index (χ0v) is 11.1. The third-order valence-corrected chi connectivity index (χ3v) is 4.34. The summed E-state index contributed by atoms with van der Waals surface area (Å²) in [5.41, 5.74) is -0.457. The number of hydrogen-bond acceptors (Lipinski definition) is 3. The predicted octanol–water partition coefficient (Wildman–Crippen LogP) is 0.872. The van der Waals surface area contributed by atoms with Crippen LogP contribution in [0.1, 0.15) is 44.9 Å². The average Bonchev–Trinajstić information content (AvgIpc) is 2.72. The molecule has 2 fully saturated rings. The third-order valence-electron chi connectivity index (χ3n) is 4.34. The SMILES string of the molecule is BCCNCCC1(O)CCOC2(CCCC2)C1. The van der Waals surface area contributed by atoms with E-state index in [9.17, 15) is 5.11 Å². The van der Waals surface area contributed by atoms with Crippen LogP contribution in [0, 0.1) is 0 Å². The highest BCUT2D eigenvalue weighted by molar-refractivity contribution is 6.08. The summed E-state index contributed by atoms with van der Waals surface area (Å²) in [5.74, 6) is 0. The smallest absolute Gasteiger partial charge is 0.102 e. The minimum Gasteiger partial charge on any atom is -0.390 e. The molecule has 98 valence electrons. The van der Waals surface area contributed by atoms with Crippen LogP contribution in [0.15, 0.2) is 0 Å². The van der Waals surface area contributed by atoms with Crippen LogP contribution in [-0.4, -0.2) is 43.9 Å². The van der Waals surface area contributed by atoms with Gasteiger partial charge in [-0.25, -0.2) is 0 Å². The van der Waals surface area contributed by atoms with E-state index in [0.29, 0.717) is 0 Å². The topological polar surface area (TPSA) is 41.5 Å². The van der Waals surface area contributed by atoms with Crippen molar-refractivity contribution in [2.75, 3.05) is 19.7 Å². The maximum atomic E-state index is 10.7. The Kier molecular flexibility index (Phi) is 4.50. The third kappa shape index (κ3) is 3.46. The number of nitrogens with one attached hydrogen (secondary N) is 1. The standard InChI is InChI=1S/C13H26BNO2/c14-7-9-15-8-5-12(16)6-10-17-13(11-12)3-1-2-4-13/h15-16H,1-11,14H2. The lowest BCUT2D eigenvalue weighted by Crippen LogP contribution is -2.48. The average molecular weight is 239 g/mol. The van der Waals surface area contributed by atoms with Crippen molar-refractivity contribution < 1.29 is 9.84 Å². The van der Waals surface area contributed by atoms with Crippen LogP contribution in [0.2, 0.25) is 6.32 Å². The summed E-state index contributed by atoms with van der Waals surface area (Å²) in [5, 5.41) is 14.1. The Morgan fingerprint density at radius 3 is 2.65 bits per heavy atom. The Hall–Kier alpha value is -0.0551. The van der Waals surface area contributed by atoms with Crippen molar-refractivity contribution in [2.45, 2.75) is 62.5 Å².